The zero-order chi connectivity index (χ0) is 13.9. The Hall–Kier alpha value is -0.620. The van der Waals surface area contributed by atoms with E-state index in [9.17, 15) is 8.42 Å². The molecule has 1 unspecified atom stereocenters. The van der Waals surface area contributed by atoms with E-state index in [1.807, 2.05) is 20.8 Å². The van der Waals surface area contributed by atoms with Gasteiger partial charge >= 0.3 is 0 Å². The third-order valence-electron chi connectivity index (χ3n) is 2.90. The summed E-state index contributed by atoms with van der Waals surface area (Å²) in [6.07, 6.45) is 0. The van der Waals surface area contributed by atoms with Crippen LogP contribution in [0, 0.1) is 5.92 Å². The minimum absolute atomic E-state index is 0.136. The van der Waals surface area contributed by atoms with Gasteiger partial charge < -0.3 is 5.73 Å². The zero-order valence-corrected chi connectivity index (χ0v) is 12.3. The Morgan fingerprint density at radius 3 is 2.39 bits per heavy atom. The van der Waals surface area contributed by atoms with E-state index in [4.69, 9.17) is 17.3 Å². The molecule has 6 heteroatoms. The normalized spacial score (nSPS) is 13.9. The van der Waals surface area contributed by atoms with Crippen LogP contribution in [0.25, 0.3) is 0 Å². The molecule has 0 aromatic heterocycles. The molecule has 1 aromatic rings. The Kier molecular flexibility index (Phi) is 5.16. The van der Waals surface area contributed by atoms with E-state index in [1.165, 1.54) is 12.1 Å². The molecule has 0 bridgehead atoms. The van der Waals surface area contributed by atoms with E-state index in [1.54, 1.807) is 6.07 Å². The van der Waals surface area contributed by atoms with Crippen molar-refractivity contribution in [3.05, 3.63) is 28.8 Å². The fraction of sp³-hybridized carbons (Fsp3) is 0.500. The van der Waals surface area contributed by atoms with Crippen molar-refractivity contribution in [2.75, 3.05) is 0 Å². The monoisotopic (exact) mass is 290 g/mol. The maximum absolute atomic E-state index is 12.1. The molecular weight excluding hydrogens is 272 g/mol. The van der Waals surface area contributed by atoms with Crippen molar-refractivity contribution in [2.24, 2.45) is 11.7 Å². The molecule has 0 aliphatic rings. The maximum atomic E-state index is 12.1. The highest BCUT2D eigenvalue weighted by Crippen LogP contribution is 2.21. The van der Waals surface area contributed by atoms with Gasteiger partial charge in [0.1, 0.15) is 0 Å². The first-order valence-electron chi connectivity index (χ1n) is 5.78. The summed E-state index contributed by atoms with van der Waals surface area (Å²) in [6.45, 7) is 6.03. The predicted octanol–water partition coefficient (Wildman–Crippen LogP) is 2.12. The summed E-state index contributed by atoms with van der Waals surface area (Å²) in [5, 5.41) is 0.373. The van der Waals surface area contributed by atoms with Crippen LogP contribution in [0.5, 0.6) is 0 Å². The van der Waals surface area contributed by atoms with Gasteiger partial charge in [-0.25, -0.2) is 13.1 Å². The van der Waals surface area contributed by atoms with Gasteiger partial charge in [0.25, 0.3) is 0 Å². The van der Waals surface area contributed by atoms with Crippen LogP contribution in [0.15, 0.2) is 23.1 Å². The molecule has 0 heterocycles. The summed E-state index contributed by atoms with van der Waals surface area (Å²) in [6, 6.07) is 4.45. The molecule has 1 aromatic carbocycles. The van der Waals surface area contributed by atoms with Crippen LogP contribution in [-0.4, -0.2) is 14.5 Å². The molecule has 3 N–H and O–H groups in total. The first kappa shape index (κ1) is 15.4. The number of hydrogen-bond acceptors (Lipinski definition) is 3. The van der Waals surface area contributed by atoms with E-state index in [0.29, 0.717) is 5.02 Å². The lowest BCUT2D eigenvalue weighted by molar-refractivity contribution is 0.476. The molecule has 0 aliphatic heterocycles. The summed E-state index contributed by atoms with van der Waals surface area (Å²) in [5.41, 5.74) is 6.21. The Bertz CT molecular complexity index is 515. The Morgan fingerprint density at radius 2 is 1.94 bits per heavy atom. The first-order valence-corrected chi connectivity index (χ1v) is 7.65. The average Bonchev–Trinajstić information content (AvgIpc) is 2.28. The lowest BCUT2D eigenvalue weighted by atomic mass is 10.1. The van der Waals surface area contributed by atoms with Gasteiger partial charge in [0.15, 0.2) is 0 Å². The molecule has 0 saturated carbocycles. The third-order valence-corrected chi connectivity index (χ3v) is 4.80. The molecule has 1 rings (SSSR count). The molecular formula is C12H19ClN2O2S. The smallest absolute Gasteiger partial charge is 0.240 e. The predicted molar refractivity (Wildman–Crippen MR) is 74.0 cm³/mol. The Labute approximate surface area is 114 Å². The highest BCUT2D eigenvalue weighted by Gasteiger charge is 2.19. The standard InChI is InChI=1S/C12H19ClN2O2S/c1-8(2)9(3)15-18(16,17)11-5-4-10(7-14)12(13)6-11/h4-6,8-9,15H,7,14H2,1-3H3. The van der Waals surface area contributed by atoms with Gasteiger partial charge in [-0.3, -0.25) is 0 Å². The number of rotatable bonds is 5. The van der Waals surface area contributed by atoms with Gasteiger partial charge in [0.2, 0.25) is 10.0 Å². The number of nitrogens with two attached hydrogens (primary N) is 1. The van der Waals surface area contributed by atoms with Crippen LogP contribution in [-0.2, 0) is 16.6 Å². The van der Waals surface area contributed by atoms with E-state index in [0.717, 1.165) is 5.56 Å². The van der Waals surface area contributed by atoms with Crippen LogP contribution in [0.1, 0.15) is 26.3 Å². The second kappa shape index (κ2) is 6.02. The molecule has 0 spiro atoms. The fourth-order valence-corrected chi connectivity index (χ4v) is 3.05. The van der Waals surface area contributed by atoms with Gasteiger partial charge in [-0.15, -0.1) is 0 Å². The van der Waals surface area contributed by atoms with Crippen molar-refractivity contribution in [3.63, 3.8) is 0 Å². The summed E-state index contributed by atoms with van der Waals surface area (Å²) < 4.78 is 26.8. The van der Waals surface area contributed by atoms with Gasteiger partial charge in [0, 0.05) is 17.6 Å². The number of benzene rings is 1. The number of halogens is 1. The molecule has 0 fully saturated rings. The second-order valence-electron chi connectivity index (χ2n) is 4.61. The largest absolute Gasteiger partial charge is 0.326 e. The molecule has 18 heavy (non-hydrogen) atoms. The summed E-state index contributed by atoms with van der Waals surface area (Å²) >= 11 is 5.96. The van der Waals surface area contributed by atoms with Gasteiger partial charge in [-0.1, -0.05) is 31.5 Å². The molecule has 102 valence electrons. The first-order chi connectivity index (χ1) is 8.27. The fourth-order valence-electron chi connectivity index (χ4n) is 1.31. The maximum Gasteiger partial charge on any atom is 0.240 e. The highest BCUT2D eigenvalue weighted by atomic mass is 35.5. The van der Waals surface area contributed by atoms with E-state index in [2.05, 4.69) is 4.72 Å². The number of nitrogens with one attached hydrogen (secondary N) is 1. The average molecular weight is 291 g/mol. The Balaban J connectivity index is 3.02. The van der Waals surface area contributed by atoms with E-state index < -0.39 is 10.0 Å². The summed E-state index contributed by atoms with van der Waals surface area (Å²) in [7, 11) is -3.53. The molecule has 0 saturated heterocycles. The van der Waals surface area contributed by atoms with Crippen molar-refractivity contribution >= 4 is 21.6 Å². The van der Waals surface area contributed by atoms with Crippen LogP contribution >= 0.6 is 11.6 Å². The van der Waals surface area contributed by atoms with Gasteiger partial charge in [0.05, 0.1) is 4.90 Å². The van der Waals surface area contributed by atoms with Crippen LogP contribution in [0.4, 0.5) is 0 Å². The number of hydrogen-bond donors (Lipinski definition) is 2. The van der Waals surface area contributed by atoms with Gasteiger partial charge in [-0.2, -0.15) is 0 Å². The molecule has 0 aliphatic carbocycles. The third kappa shape index (κ3) is 3.68. The van der Waals surface area contributed by atoms with Gasteiger partial charge in [-0.05, 0) is 30.5 Å². The molecule has 4 nitrogen and oxygen atoms in total. The highest BCUT2D eigenvalue weighted by molar-refractivity contribution is 7.89. The minimum Gasteiger partial charge on any atom is -0.326 e. The Morgan fingerprint density at radius 1 is 1.33 bits per heavy atom. The topological polar surface area (TPSA) is 72.2 Å². The van der Waals surface area contributed by atoms with Crippen molar-refractivity contribution in [1.29, 1.82) is 0 Å². The summed E-state index contributed by atoms with van der Waals surface area (Å²) in [4.78, 5) is 0.164. The van der Waals surface area contributed by atoms with Crippen molar-refractivity contribution < 1.29 is 8.42 Å². The van der Waals surface area contributed by atoms with E-state index in [-0.39, 0.29) is 23.4 Å². The quantitative estimate of drug-likeness (QED) is 0.872. The number of sulfonamides is 1. The minimum atomic E-state index is -3.53. The second-order valence-corrected chi connectivity index (χ2v) is 6.73. The van der Waals surface area contributed by atoms with E-state index >= 15 is 0 Å². The van der Waals surface area contributed by atoms with Crippen molar-refractivity contribution in [1.82, 2.24) is 4.72 Å². The van der Waals surface area contributed by atoms with Crippen molar-refractivity contribution in [2.45, 2.75) is 38.3 Å². The SMILES string of the molecule is CC(C)C(C)NS(=O)(=O)c1ccc(CN)c(Cl)c1. The van der Waals surface area contributed by atoms with Crippen LogP contribution < -0.4 is 10.5 Å². The van der Waals surface area contributed by atoms with Crippen LogP contribution in [0.3, 0.4) is 0 Å². The van der Waals surface area contributed by atoms with Crippen LogP contribution in [0.2, 0.25) is 5.02 Å². The zero-order valence-electron chi connectivity index (χ0n) is 10.8. The molecule has 0 radical (unpaired) electrons. The summed E-state index contributed by atoms with van der Waals surface area (Å²) in [5.74, 6) is 0.221. The van der Waals surface area contributed by atoms with Crippen molar-refractivity contribution in [3.8, 4) is 0 Å². The lowest BCUT2D eigenvalue weighted by Gasteiger charge is -2.17. The molecule has 1 atom stereocenters. The molecule has 0 amide bonds. The lowest BCUT2D eigenvalue weighted by Crippen LogP contribution is -2.36.